The molecule has 138 valence electrons. The van der Waals surface area contributed by atoms with Gasteiger partial charge >= 0.3 is 5.97 Å². The third kappa shape index (κ3) is 2.65. The van der Waals surface area contributed by atoms with Crippen molar-refractivity contribution >= 4 is 27.7 Å². The summed E-state index contributed by atoms with van der Waals surface area (Å²) in [5.74, 6) is 2.37. The van der Waals surface area contributed by atoms with Crippen LogP contribution in [0.2, 0.25) is 0 Å². The Balaban J connectivity index is 1.70. The van der Waals surface area contributed by atoms with Gasteiger partial charge in [-0.05, 0) is 79.1 Å². The number of esters is 1. The number of halogens is 1. The molecule has 3 fully saturated rings. The van der Waals surface area contributed by atoms with E-state index in [9.17, 15) is 9.59 Å². The van der Waals surface area contributed by atoms with E-state index in [0.717, 1.165) is 30.3 Å². The highest BCUT2D eigenvalue weighted by molar-refractivity contribution is 9.09. The molecule has 0 unspecified atom stereocenters. The van der Waals surface area contributed by atoms with E-state index in [1.807, 2.05) is 0 Å². The third-order valence-corrected chi connectivity index (χ3v) is 8.64. The van der Waals surface area contributed by atoms with Crippen LogP contribution in [-0.4, -0.2) is 17.1 Å². The summed E-state index contributed by atoms with van der Waals surface area (Å²) in [5.41, 5.74) is 1.75. The van der Waals surface area contributed by atoms with Crippen LogP contribution >= 0.6 is 15.9 Å². The molecule has 0 aliphatic heterocycles. The van der Waals surface area contributed by atoms with Gasteiger partial charge in [-0.2, -0.15) is 0 Å². The van der Waals surface area contributed by atoms with Crippen molar-refractivity contribution < 1.29 is 14.3 Å². The maximum atomic E-state index is 12.5. The van der Waals surface area contributed by atoms with Gasteiger partial charge < -0.3 is 4.74 Å². The van der Waals surface area contributed by atoms with Crippen LogP contribution in [0.5, 0.6) is 0 Å². The van der Waals surface area contributed by atoms with Crippen molar-refractivity contribution in [2.24, 2.45) is 28.6 Å². The standard InChI is InChI=1S/C21H29BrO3/c1-20-9-3-4-14(20)13-5-6-16-19(25-18(24)12-22)17(23)8-11-21(16,2)15(13)7-10-20/h13-15H,3-12H2,1-2H3/t13-,14-,15+,20-,21+/m0/s1. The van der Waals surface area contributed by atoms with E-state index in [-0.39, 0.29) is 22.5 Å². The van der Waals surface area contributed by atoms with Gasteiger partial charge in [-0.25, -0.2) is 0 Å². The molecular formula is C21H29BrO3. The van der Waals surface area contributed by atoms with Crippen molar-refractivity contribution in [2.45, 2.75) is 71.6 Å². The minimum Gasteiger partial charge on any atom is -0.422 e. The van der Waals surface area contributed by atoms with Gasteiger partial charge in [0, 0.05) is 6.42 Å². The molecule has 5 atom stereocenters. The molecule has 25 heavy (non-hydrogen) atoms. The Hall–Kier alpha value is -0.640. The summed E-state index contributed by atoms with van der Waals surface area (Å²) in [6, 6.07) is 0. The van der Waals surface area contributed by atoms with E-state index < -0.39 is 0 Å². The molecule has 0 heterocycles. The number of fused-ring (bicyclic) bond motifs is 5. The van der Waals surface area contributed by atoms with Gasteiger partial charge in [0.25, 0.3) is 0 Å². The molecule has 4 heteroatoms. The van der Waals surface area contributed by atoms with E-state index in [1.165, 1.54) is 38.5 Å². The highest BCUT2D eigenvalue weighted by atomic mass is 79.9. The van der Waals surface area contributed by atoms with E-state index in [4.69, 9.17) is 4.74 Å². The molecule has 0 amide bonds. The smallest absolute Gasteiger partial charge is 0.322 e. The number of allylic oxidation sites excluding steroid dienone is 1. The van der Waals surface area contributed by atoms with Crippen LogP contribution in [0.25, 0.3) is 0 Å². The first-order chi connectivity index (χ1) is 11.9. The molecule has 4 aliphatic rings. The topological polar surface area (TPSA) is 43.4 Å². The van der Waals surface area contributed by atoms with Crippen LogP contribution in [0, 0.1) is 28.6 Å². The van der Waals surface area contributed by atoms with Crippen LogP contribution in [0.4, 0.5) is 0 Å². The van der Waals surface area contributed by atoms with Crippen molar-refractivity contribution in [3.8, 4) is 0 Å². The Kier molecular flexibility index (Phi) is 4.41. The zero-order valence-electron chi connectivity index (χ0n) is 15.4. The first kappa shape index (κ1) is 17.8. The molecule has 4 rings (SSSR count). The first-order valence-electron chi connectivity index (χ1n) is 9.92. The first-order valence-corrected chi connectivity index (χ1v) is 11.0. The molecule has 4 aliphatic carbocycles. The van der Waals surface area contributed by atoms with Gasteiger partial charge in [0.15, 0.2) is 11.5 Å². The fraction of sp³-hybridized carbons (Fsp3) is 0.810. The molecule has 0 bridgehead atoms. The van der Waals surface area contributed by atoms with Crippen molar-refractivity contribution in [3.05, 3.63) is 11.3 Å². The molecule has 0 spiro atoms. The number of carbonyl (C=O) groups is 2. The van der Waals surface area contributed by atoms with Crippen LogP contribution in [0.15, 0.2) is 11.3 Å². The number of Topliss-reactive ketones (excluding diaryl/α,β-unsaturated/α-hetero) is 1. The van der Waals surface area contributed by atoms with Crippen LogP contribution in [-0.2, 0) is 14.3 Å². The number of hydrogen-bond donors (Lipinski definition) is 0. The largest absolute Gasteiger partial charge is 0.422 e. The maximum Gasteiger partial charge on any atom is 0.322 e. The summed E-state index contributed by atoms with van der Waals surface area (Å²) in [4.78, 5) is 24.3. The SMILES string of the molecule is C[C@@]12CCC[C@H]1[C@@H]1CCC3=C(OC(=O)CBr)C(=O)CC[C@]3(C)[C@@H]1CC2. The van der Waals surface area contributed by atoms with Gasteiger partial charge in [-0.15, -0.1) is 0 Å². The Bertz CT molecular complexity index is 639. The molecule has 0 N–H and O–H groups in total. The van der Waals surface area contributed by atoms with Gasteiger partial charge in [-0.3, -0.25) is 9.59 Å². The minimum absolute atomic E-state index is 0.0294. The van der Waals surface area contributed by atoms with Gasteiger partial charge in [0.05, 0.1) is 0 Å². The summed E-state index contributed by atoms with van der Waals surface area (Å²) in [6.45, 7) is 4.87. The van der Waals surface area contributed by atoms with Crippen LogP contribution in [0.1, 0.15) is 71.6 Å². The average Bonchev–Trinajstić information content (AvgIpc) is 2.99. The second-order valence-electron chi connectivity index (χ2n) is 9.26. The van der Waals surface area contributed by atoms with Crippen molar-refractivity contribution in [1.29, 1.82) is 0 Å². The van der Waals surface area contributed by atoms with Crippen LogP contribution < -0.4 is 0 Å². The number of hydrogen-bond acceptors (Lipinski definition) is 3. The molecule has 0 aromatic carbocycles. The lowest BCUT2D eigenvalue weighted by Gasteiger charge is -2.57. The van der Waals surface area contributed by atoms with E-state index in [2.05, 4.69) is 29.8 Å². The molecule has 0 radical (unpaired) electrons. The highest BCUT2D eigenvalue weighted by Gasteiger charge is 2.57. The Morgan fingerprint density at radius 1 is 1.12 bits per heavy atom. The lowest BCUT2D eigenvalue weighted by molar-refractivity contribution is -0.141. The Labute approximate surface area is 159 Å². The van der Waals surface area contributed by atoms with E-state index in [1.54, 1.807) is 0 Å². The summed E-state index contributed by atoms with van der Waals surface area (Å²) < 4.78 is 5.52. The monoisotopic (exact) mass is 408 g/mol. The second kappa shape index (κ2) is 6.21. The predicted molar refractivity (Wildman–Crippen MR) is 100 cm³/mol. The quantitative estimate of drug-likeness (QED) is 0.467. The highest BCUT2D eigenvalue weighted by Crippen LogP contribution is 2.65. The van der Waals surface area contributed by atoms with E-state index in [0.29, 0.717) is 23.5 Å². The number of carbonyl (C=O) groups excluding carboxylic acids is 2. The lowest BCUT2D eigenvalue weighted by Crippen LogP contribution is -2.50. The van der Waals surface area contributed by atoms with Crippen molar-refractivity contribution in [3.63, 3.8) is 0 Å². The second-order valence-corrected chi connectivity index (χ2v) is 9.82. The molecule has 3 nitrogen and oxygen atoms in total. The Morgan fingerprint density at radius 2 is 1.92 bits per heavy atom. The molecule has 0 saturated heterocycles. The van der Waals surface area contributed by atoms with Gasteiger partial charge in [0.2, 0.25) is 0 Å². The molecule has 0 aromatic heterocycles. The molecule has 3 saturated carbocycles. The fourth-order valence-corrected chi connectivity index (χ4v) is 7.03. The van der Waals surface area contributed by atoms with Gasteiger partial charge in [-0.1, -0.05) is 36.2 Å². The van der Waals surface area contributed by atoms with Gasteiger partial charge in [0.1, 0.15) is 5.33 Å². The lowest BCUT2D eigenvalue weighted by atomic mass is 9.47. The average molecular weight is 409 g/mol. The third-order valence-electron chi connectivity index (χ3n) is 8.18. The van der Waals surface area contributed by atoms with E-state index >= 15 is 0 Å². The maximum absolute atomic E-state index is 12.5. The van der Waals surface area contributed by atoms with Crippen molar-refractivity contribution in [1.82, 2.24) is 0 Å². The summed E-state index contributed by atoms with van der Waals surface area (Å²) in [6.07, 6.45) is 10.3. The number of alkyl halides is 1. The van der Waals surface area contributed by atoms with Crippen LogP contribution in [0.3, 0.4) is 0 Å². The normalized spacial score (nSPS) is 43.3. The summed E-state index contributed by atoms with van der Waals surface area (Å²) >= 11 is 3.15. The Morgan fingerprint density at radius 3 is 2.68 bits per heavy atom. The number of rotatable bonds is 2. The number of ketones is 1. The van der Waals surface area contributed by atoms with Crippen molar-refractivity contribution in [2.75, 3.05) is 5.33 Å². The fourth-order valence-electron chi connectivity index (χ4n) is 6.92. The molecule has 0 aromatic rings. The zero-order chi connectivity index (χ0) is 17.8. The minimum atomic E-state index is -0.353. The zero-order valence-corrected chi connectivity index (χ0v) is 17.0. The predicted octanol–water partition coefficient (Wildman–Crippen LogP) is 5.17. The summed E-state index contributed by atoms with van der Waals surface area (Å²) in [7, 11) is 0. The number of ether oxygens (including phenoxy) is 1. The molecular weight excluding hydrogens is 380 g/mol. The summed E-state index contributed by atoms with van der Waals surface area (Å²) in [5, 5.41) is 0.139.